The minimum Gasteiger partial charge on any atom is -0.477 e. The summed E-state index contributed by atoms with van der Waals surface area (Å²) in [5.41, 5.74) is 4.29. The van der Waals surface area contributed by atoms with E-state index >= 15 is 0 Å². The molecule has 7 heteroatoms. The number of hydrogen-bond acceptors (Lipinski definition) is 4. The summed E-state index contributed by atoms with van der Waals surface area (Å²) >= 11 is 1.71. The van der Waals surface area contributed by atoms with Gasteiger partial charge >= 0.3 is 5.97 Å². The maximum Gasteiger partial charge on any atom is 0.341 e. The number of aromatic nitrogens is 3. The summed E-state index contributed by atoms with van der Waals surface area (Å²) in [6.07, 6.45) is 6.14. The van der Waals surface area contributed by atoms with E-state index in [1.165, 1.54) is 27.9 Å². The van der Waals surface area contributed by atoms with Crippen molar-refractivity contribution >= 4 is 27.4 Å². The lowest BCUT2D eigenvalue weighted by molar-refractivity contribution is 0.0693. The van der Waals surface area contributed by atoms with Gasteiger partial charge in [-0.3, -0.25) is 9.48 Å². The van der Waals surface area contributed by atoms with Crippen LogP contribution in [0.2, 0.25) is 0 Å². The van der Waals surface area contributed by atoms with Crippen molar-refractivity contribution in [3.8, 4) is 22.4 Å². The summed E-state index contributed by atoms with van der Waals surface area (Å²) in [5, 5.41) is 17.2. The lowest BCUT2D eigenvalue weighted by atomic mass is 9.77. The largest absolute Gasteiger partial charge is 0.477 e. The Bertz CT molecular complexity index is 1420. The molecular weight excluding hydrogens is 410 g/mol. The van der Waals surface area contributed by atoms with E-state index in [4.69, 9.17) is 0 Å². The first-order valence-corrected chi connectivity index (χ1v) is 11.0. The highest BCUT2D eigenvalue weighted by Gasteiger charge is 2.35. The first-order valence-electron chi connectivity index (χ1n) is 10.2. The molecule has 1 N–H and O–H groups in total. The zero-order valence-electron chi connectivity index (χ0n) is 17.8. The molecule has 4 heterocycles. The van der Waals surface area contributed by atoms with Gasteiger partial charge in [0, 0.05) is 52.9 Å². The third-order valence-corrected chi connectivity index (χ3v) is 7.13. The van der Waals surface area contributed by atoms with Crippen LogP contribution in [-0.2, 0) is 13.5 Å². The van der Waals surface area contributed by atoms with Gasteiger partial charge in [0.2, 0.25) is 0 Å². The van der Waals surface area contributed by atoms with E-state index in [2.05, 4.69) is 43.4 Å². The maximum absolute atomic E-state index is 12.7. The highest BCUT2D eigenvalue weighted by Crippen LogP contribution is 2.47. The van der Waals surface area contributed by atoms with Gasteiger partial charge in [-0.05, 0) is 40.3 Å². The molecule has 158 valence electrons. The fourth-order valence-corrected chi connectivity index (χ4v) is 5.58. The molecule has 0 amide bonds. The Morgan fingerprint density at radius 3 is 2.65 bits per heavy atom. The van der Waals surface area contributed by atoms with Crippen LogP contribution in [0.15, 0.2) is 47.0 Å². The second-order valence-electron chi connectivity index (χ2n) is 9.25. The van der Waals surface area contributed by atoms with Gasteiger partial charge in [0.15, 0.2) is 5.43 Å². The number of nitrogens with zero attached hydrogens (tertiary/aromatic N) is 3. The van der Waals surface area contributed by atoms with E-state index < -0.39 is 11.4 Å². The maximum atomic E-state index is 12.7. The van der Waals surface area contributed by atoms with Crippen molar-refractivity contribution in [2.45, 2.75) is 33.2 Å². The molecule has 4 aromatic rings. The minimum atomic E-state index is -1.19. The Hall–Kier alpha value is -3.19. The van der Waals surface area contributed by atoms with Gasteiger partial charge < -0.3 is 9.67 Å². The average Bonchev–Trinajstić information content (AvgIpc) is 3.34. The summed E-state index contributed by atoms with van der Waals surface area (Å²) in [7, 11) is 1.89. The number of hydrogen-bond donors (Lipinski definition) is 1. The predicted molar refractivity (Wildman–Crippen MR) is 123 cm³/mol. The Morgan fingerprint density at radius 2 is 2.00 bits per heavy atom. The molecule has 0 radical (unpaired) electrons. The molecule has 0 fully saturated rings. The standard InChI is InChI=1S/C24H23N3O3S/c1-24(2,3)21-8-16-14-5-6-31-22(14)15(13-10-25-26(4)11-13)7-17(16)19-9-20(28)18(23(29)30)12-27(19)21/h5-7,9-12,21H,8H2,1-4H3,(H,29,30)/t21-/m0/s1. The Balaban J connectivity index is 1.87. The molecule has 6 nitrogen and oxygen atoms in total. The number of rotatable bonds is 2. The van der Waals surface area contributed by atoms with Gasteiger partial charge in [0.05, 0.1) is 11.9 Å². The molecule has 1 aliphatic rings. The number of aryl methyl sites for hydroxylation is 1. The third-order valence-electron chi connectivity index (χ3n) is 6.18. The fourth-order valence-electron chi connectivity index (χ4n) is 4.62. The molecule has 0 saturated carbocycles. The predicted octanol–water partition coefficient (Wildman–Crippen LogP) is 4.97. The van der Waals surface area contributed by atoms with Crippen molar-refractivity contribution in [1.29, 1.82) is 0 Å². The van der Waals surface area contributed by atoms with Gasteiger partial charge in [-0.2, -0.15) is 5.10 Å². The van der Waals surface area contributed by atoms with Crippen LogP contribution < -0.4 is 5.43 Å². The zero-order chi connectivity index (χ0) is 22.1. The molecule has 1 aliphatic heterocycles. The highest BCUT2D eigenvalue weighted by atomic mass is 32.1. The van der Waals surface area contributed by atoms with Crippen LogP contribution in [-0.4, -0.2) is 25.4 Å². The second kappa shape index (κ2) is 6.65. The monoisotopic (exact) mass is 433 g/mol. The van der Waals surface area contributed by atoms with Gasteiger partial charge in [0.25, 0.3) is 0 Å². The van der Waals surface area contributed by atoms with Crippen molar-refractivity contribution in [3.05, 3.63) is 63.5 Å². The summed E-state index contributed by atoms with van der Waals surface area (Å²) in [5.74, 6) is -1.19. The first kappa shape index (κ1) is 19.8. The summed E-state index contributed by atoms with van der Waals surface area (Å²) in [6, 6.07) is 5.81. The number of carbonyl (C=O) groups is 1. The van der Waals surface area contributed by atoms with Crippen molar-refractivity contribution in [1.82, 2.24) is 14.3 Å². The van der Waals surface area contributed by atoms with Crippen LogP contribution in [0.4, 0.5) is 0 Å². The van der Waals surface area contributed by atoms with Crippen molar-refractivity contribution in [2.75, 3.05) is 0 Å². The van der Waals surface area contributed by atoms with Crippen LogP contribution in [0, 0.1) is 5.41 Å². The van der Waals surface area contributed by atoms with Gasteiger partial charge in [0.1, 0.15) is 5.56 Å². The fraction of sp³-hybridized carbons (Fsp3) is 0.292. The number of carboxylic acid groups (broad SMARTS) is 1. The van der Waals surface area contributed by atoms with Gasteiger partial charge in [-0.25, -0.2) is 4.79 Å². The number of benzene rings is 1. The van der Waals surface area contributed by atoms with E-state index in [1.807, 2.05) is 24.0 Å². The molecule has 0 saturated heterocycles. The highest BCUT2D eigenvalue weighted by molar-refractivity contribution is 7.17. The molecule has 0 aliphatic carbocycles. The van der Waals surface area contributed by atoms with Crippen LogP contribution in [0.5, 0.6) is 0 Å². The minimum absolute atomic E-state index is 0.0287. The molecular formula is C24H23N3O3S. The van der Waals surface area contributed by atoms with Crippen LogP contribution >= 0.6 is 11.3 Å². The first-order chi connectivity index (χ1) is 14.6. The molecule has 5 rings (SSSR count). The van der Waals surface area contributed by atoms with Crippen LogP contribution in [0.25, 0.3) is 32.5 Å². The molecule has 1 aromatic carbocycles. The summed E-state index contributed by atoms with van der Waals surface area (Å²) < 4.78 is 4.98. The number of pyridine rings is 1. The van der Waals surface area contributed by atoms with Crippen molar-refractivity contribution in [3.63, 3.8) is 0 Å². The molecule has 0 spiro atoms. The molecule has 0 unspecified atom stereocenters. The average molecular weight is 434 g/mol. The van der Waals surface area contributed by atoms with Gasteiger partial charge in [-0.15, -0.1) is 11.3 Å². The normalized spacial score (nSPS) is 15.7. The van der Waals surface area contributed by atoms with Crippen LogP contribution in [0.3, 0.4) is 0 Å². The topological polar surface area (TPSA) is 77.1 Å². The van der Waals surface area contributed by atoms with E-state index in [1.54, 1.807) is 16.0 Å². The van der Waals surface area contributed by atoms with E-state index in [0.29, 0.717) is 0 Å². The Labute approximate surface area is 183 Å². The smallest absolute Gasteiger partial charge is 0.341 e. The van der Waals surface area contributed by atoms with E-state index in [0.717, 1.165) is 28.8 Å². The molecule has 3 aromatic heterocycles. The van der Waals surface area contributed by atoms with Gasteiger partial charge in [-0.1, -0.05) is 20.8 Å². The number of thiophene rings is 1. The van der Waals surface area contributed by atoms with Crippen molar-refractivity contribution in [2.24, 2.45) is 12.5 Å². The zero-order valence-corrected chi connectivity index (χ0v) is 18.7. The number of fused-ring (bicyclic) bond motifs is 5. The van der Waals surface area contributed by atoms with E-state index in [9.17, 15) is 14.7 Å². The Kier molecular flexibility index (Phi) is 4.24. The molecule has 1 atom stereocenters. The Morgan fingerprint density at radius 1 is 1.23 bits per heavy atom. The molecule has 0 bridgehead atoms. The third kappa shape index (κ3) is 3.03. The van der Waals surface area contributed by atoms with E-state index in [-0.39, 0.29) is 17.0 Å². The summed E-state index contributed by atoms with van der Waals surface area (Å²) in [4.78, 5) is 24.3. The second-order valence-corrected chi connectivity index (χ2v) is 10.2. The van der Waals surface area contributed by atoms with Crippen LogP contribution in [0.1, 0.15) is 42.7 Å². The summed E-state index contributed by atoms with van der Waals surface area (Å²) in [6.45, 7) is 6.46. The quantitative estimate of drug-likeness (QED) is 0.484. The SMILES string of the molecule is Cn1cc(-c2cc3c(c4ccsc24)C[C@@H](C(C)(C)C)n2cc(C(=O)O)c(=O)cc2-3)cn1. The number of carboxylic acids is 1. The number of aromatic carboxylic acids is 1. The van der Waals surface area contributed by atoms with Crippen molar-refractivity contribution < 1.29 is 9.90 Å². The lowest BCUT2D eigenvalue weighted by Crippen LogP contribution is -2.32. The lowest BCUT2D eigenvalue weighted by Gasteiger charge is -2.39. The molecule has 31 heavy (non-hydrogen) atoms.